The van der Waals surface area contributed by atoms with E-state index >= 15 is 0 Å². The summed E-state index contributed by atoms with van der Waals surface area (Å²) in [4.78, 5) is 11.6. The first-order chi connectivity index (χ1) is 8.24. The molecule has 0 bridgehead atoms. The van der Waals surface area contributed by atoms with Crippen LogP contribution in [0.1, 0.15) is 11.3 Å². The van der Waals surface area contributed by atoms with Gasteiger partial charge in [-0.3, -0.25) is 4.79 Å². The summed E-state index contributed by atoms with van der Waals surface area (Å²) in [5, 5.41) is 3.45. The highest BCUT2D eigenvalue weighted by Crippen LogP contribution is 2.09. The van der Waals surface area contributed by atoms with Crippen molar-refractivity contribution in [3.8, 4) is 0 Å². The predicted molar refractivity (Wildman–Crippen MR) is 65.7 cm³/mol. The van der Waals surface area contributed by atoms with Gasteiger partial charge in [0, 0.05) is 5.02 Å². The van der Waals surface area contributed by atoms with Crippen molar-refractivity contribution in [2.75, 3.05) is 0 Å². The van der Waals surface area contributed by atoms with E-state index in [-0.39, 0.29) is 5.91 Å². The summed E-state index contributed by atoms with van der Waals surface area (Å²) in [5.41, 5.74) is 0.936. The summed E-state index contributed by atoms with van der Waals surface area (Å²) in [6, 6.07) is 10.8. The number of halogens is 1. The van der Waals surface area contributed by atoms with Gasteiger partial charge in [-0.2, -0.15) is 0 Å². The predicted octanol–water partition coefficient (Wildman–Crippen LogP) is 2.79. The summed E-state index contributed by atoms with van der Waals surface area (Å²) < 4.78 is 5.12. The summed E-state index contributed by atoms with van der Waals surface area (Å²) in [6.07, 6.45) is 1.93. The number of hydrogen-bond donors (Lipinski definition) is 1. The van der Waals surface area contributed by atoms with Gasteiger partial charge < -0.3 is 9.73 Å². The molecule has 0 atom stereocenters. The number of benzene rings is 1. The molecule has 0 spiro atoms. The summed E-state index contributed by atoms with van der Waals surface area (Å²) >= 11 is 5.76. The van der Waals surface area contributed by atoms with Crippen LogP contribution in [0.5, 0.6) is 0 Å². The molecule has 1 heterocycles. The van der Waals surface area contributed by atoms with Crippen molar-refractivity contribution in [2.45, 2.75) is 13.0 Å². The molecule has 3 nitrogen and oxygen atoms in total. The molecular weight excluding hydrogens is 238 g/mol. The normalized spacial score (nSPS) is 10.2. The first-order valence-corrected chi connectivity index (χ1v) is 5.65. The number of furan rings is 1. The number of amides is 1. The highest BCUT2D eigenvalue weighted by molar-refractivity contribution is 6.30. The lowest BCUT2D eigenvalue weighted by atomic mass is 10.1. The molecule has 1 aromatic heterocycles. The average molecular weight is 250 g/mol. The van der Waals surface area contributed by atoms with Gasteiger partial charge in [-0.15, -0.1) is 0 Å². The Morgan fingerprint density at radius 2 is 2.00 bits per heavy atom. The van der Waals surface area contributed by atoms with E-state index in [2.05, 4.69) is 5.32 Å². The number of nitrogens with one attached hydrogen (secondary N) is 1. The Labute approximate surface area is 104 Å². The number of rotatable bonds is 4. The fourth-order valence-electron chi connectivity index (χ4n) is 1.45. The van der Waals surface area contributed by atoms with Crippen LogP contribution in [0.4, 0.5) is 0 Å². The van der Waals surface area contributed by atoms with Crippen molar-refractivity contribution >= 4 is 17.5 Å². The van der Waals surface area contributed by atoms with Crippen molar-refractivity contribution in [3.05, 3.63) is 59.0 Å². The Balaban J connectivity index is 1.83. The zero-order valence-corrected chi connectivity index (χ0v) is 9.91. The monoisotopic (exact) mass is 249 g/mol. The van der Waals surface area contributed by atoms with E-state index in [4.69, 9.17) is 16.0 Å². The second-order valence-electron chi connectivity index (χ2n) is 3.66. The molecule has 0 saturated carbocycles. The number of carbonyl (C=O) groups excluding carboxylic acids is 1. The molecule has 0 unspecified atom stereocenters. The summed E-state index contributed by atoms with van der Waals surface area (Å²) in [7, 11) is 0. The minimum atomic E-state index is -0.0382. The van der Waals surface area contributed by atoms with E-state index in [9.17, 15) is 4.79 Å². The fraction of sp³-hybridized carbons (Fsp3) is 0.154. The lowest BCUT2D eigenvalue weighted by Crippen LogP contribution is -2.24. The van der Waals surface area contributed by atoms with Gasteiger partial charge >= 0.3 is 0 Å². The molecule has 1 N–H and O–H groups in total. The molecule has 88 valence electrons. The van der Waals surface area contributed by atoms with Crippen LogP contribution in [0.3, 0.4) is 0 Å². The van der Waals surface area contributed by atoms with Gasteiger partial charge in [-0.25, -0.2) is 0 Å². The SMILES string of the molecule is O=C(Cc1ccc(Cl)cc1)NCc1ccco1. The number of carbonyl (C=O) groups is 1. The molecule has 0 fully saturated rings. The van der Waals surface area contributed by atoms with Crippen LogP contribution in [-0.2, 0) is 17.8 Å². The minimum absolute atomic E-state index is 0.0382. The van der Waals surface area contributed by atoms with Crippen LogP contribution in [0.2, 0.25) is 5.02 Å². The second kappa shape index (κ2) is 5.55. The van der Waals surface area contributed by atoms with Gasteiger partial charge in [0.15, 0.2) is 0 Å². The van der Waals surface area contributed by atoms with E-state index in [1.807, 2.05) is 18.2 Å². The van der Waals surface area contributed by atoms with Gasteiger partial charge in [0.25, 0.3) is 0 Å². The first kappa shape index (κ1) is 11.7. The minimum Gasteiger partial charge on any atom is -0.467 e. The van der Waals surface area contributed by atoms with Gasteiger partial charge in [-0.05, 0) is 29.8 Å². The molecule has 0 aliphatic rings. The van der Waals surface area contributed by atoms with Crippen LogP contribution < -0.4 is 5.32 Å². The molecule has 1 amide bonds. The Hall–Kier alpha value is -1.74. The maximum atomic E-state index is 11.6. The zero-order valence-electron chi connectivity index (χ0n) is 9.15. The lowest BCUT2D eigenvalue weighted by Gasteiger charge is -2.03. The molecule has 2 aromatic rings. The third kappa shape index (κ3) is 3.64. The largest absolute Gasteiger partial charge is 0.467 e. The highest BCUT2D eigenvalue weighted by Gasteiger charge is 2.04. The van der Waals surface area contributed by atoms with Crippen molar-refractivity contribution in [1.82, 2.24) is 5.32 Å². The maximum Gasteiger partial charge on any atom is 0.224 e. The summed E-state index contributed by atoms with van der Waals surface area (Å²) in [5.74, 6) is 0.707. The highest BCUT2D eigenvalue weighted by atomic mass is 35.5. The third-order valence-corrected chi connectivity index (χ3v) is 2.57. The molecule has 17 heavy (non-hydrogen) atoms. The van der Waals surface area contributed by atoms with Crippen LogP contribution >= 0.6 is 11.6 Å². The lowest BCUT2D eigenvalue weighted by molar-refractivity contribution is -0.120. The molecule has 0 aliphatic heterocycles. The molecular formula is C13H12ClNO2. The Morgan fingerprint density at radius 1 is 1.24 bits per heavy atom. The Bertz CT molecular complexity index is 477. The second-order valence-corrected chi connectivity index (χ2v) is 4.10. The molecule has 2 rings (SSSR count). The van der Waals surface area contributed by atoms with Crippen LogP contribution in [0.25, 0.3) is 0 Å². The van der Waals surface area contributed by atoms with Crippen molar-refractivity contribution < 1.29 is 9.21 Å². The molecule has 0 radical (unpaired) electrons. The van der Waals surface area contributed by atoms with Crippen molar-refractivity contribution in [2.24, 2.45) is 0 Å². The van der Waals surface area contributed by atoms with Crippen molar-refractivity contribution in [1.29, 1.82) is 0 Å². The molecule has 1 aromatic carbocycles. The van der Waals surface area contributed by atoms with Crippen LogP contribution in [-0.4, -0.2) is 5.91 Å². The van der Waals surface area contributed by atoms with Crippen LogP contribution in [0, 0.1) is 0 Å². The van der Waals surface area contributed by atoms with Gasteiger partial charge in [0.2, 0.25) is 5.91 Å². The van der Waals surface area contributed by atoms with Gasteiger partial charge in [-0.1, -0.05) is 23.7 Å². The van der Waals surface area contributed by atoms with E-state index in [1.54, 1.807) is 24.5 Å². The van der Waals surface area contributed by atoms with Crippen LogP contribution in [0.15, 0.2) is 47.1 Å². The number of hydrogen-bond acceptors (Lipinski definition) is 2. The van der Waals surface area contributed by atoms with E-state index in [1.165, 1.54) is 0 Å². The van der Waals surface area contributed by atoms with Crippen molar-refractivity contribution in [3.63, 3.8) is 0 Å². The summed E-state index contributed by atoms with van der Waals surface area (Å²) in [6.45, 7) is 0.416. The standard InChI is InChI=1S/C13H12ClNO2/c14-11-5-3-10(4-6-11)8-13(16)15-9-12-2-1-7-17-12/h1-7H,8-9H2,(H,15,16). The average Bonchev–Trinajstić information content (AvgIpc) is 2.83. The smallest absolute Gasteiger partial charge is 0.224 e. The van der Waals surface area contributed by atoms with Gasteiger partial charge in [0.1, 0.15) is 5.76 Å². The first-order valence-electron chi connectivity index (χ1n) is 5.27. The molecule has 4 heteroatoms. The van der Waals surface area contributed by atoms with E-state index in [0.717, 1.165) is 11.3 Å². The Kier molecular flexibility index (Phi) is 3.83. The third-order valence-electron chi connectivity index (χ3n) is 2.32. The fourth-order valence-corrected chi connectivity index (χ4v) is 1.58. The molecule has 0 aliphatic carbocycles. The Morgan fingerprint density at radius 3 is 2.65 bits per heavy atom. The van der Waals surface area contributed by atoms with E-state index in [0.29, 0.717) is 18.0 Å². The zero-order chi connectivity index (χ0) is 12.1. The van der Waals surface area contributed by atoms with E-state index < -0.39 is 0 Å². The quantitative estimate of drug-likeness (QED) is 0.905. The topological polar surface area (TPSA) is 42.2 Å². The van der Waals surface area contributed by atoms with Gasteiger partial charge in [0.05, 0.1) is 19.2 Å². The molecule has 0 saturated heterocycles. The maximum absolute atomic E-state index is 11.6.